The number of nitrogens with one attached hydrogen (secondary N) is 2. The molecule has 0 atom stereocenters. The lowest BCUT2D eigenvalue weighted by atomic mass is 10.2. The zero-order valence-electron chi connectivity index (χ0n) is 15.6. The fourth-order valence-corrected chi connectivity index (χ4v) is 2.77. The molecular weight excluding hydrogens is 340 g/mol. The molecule has 0 saturated heterocycles. The Hall–Kier alpha value is -3.28. The summed E-state index contributed by atoms with van der Waals surface area (Å²) >= 11 is 0. The Morgan fingerprint density at radius 1 is 1.07 bits per heavy atom. The molecule has 0 saturated carbocycles. The second kappa shape index (κ2) is 8.89. The molecule has 140 valence electrons. The third-order valence-electron chi connectivity index (χ3n) is 4.07. The van der Waals surface area contributed by atoms with E-state index in [0.717, 1.165) is 22.7 Å². The first-order chi connectivity index (χ1) is 13.2. The van der Waals surface area contributed by atoms with Crippen LogP contribution in [-0.4, -0.2) is 35.4 Å². The molecule has 2 aromatic carbocycles. The van der Waals surface area contributed by atoms with Crippen LogP contribution in [0.2, 0.25) is 0 Å². The van der Waals surface area contributed by atoms with E-state index in [9.17, 15) is 4.79 Å². The topological polar surface area (TPSA) is 68.2 Å². The Labute approximate surface area is 159 Å². The maximum atomic E-state index is 12.6. The molecule has 1 aromatic heterocycles. The van der Waals surface area contributed by atoms with Gasteiger partial charge in [0.1, 0.15) is 11.4 Å². The number of nitrogens with zero attached hydrogens (tertiary/aromatic N) is 2. The lowest BCUT2D eigenvalue weighted by molar-refractivity contribution is 0.0947. The van der Waals surface area contributed by atoms with Crippen molar-refractivity contribution in [2.45, 2.75) is 13.8 Å². The minimum absolute atomic E-state index is 0.137. The molecule has 0 aliphatic rings. The highest BCUT2D eigenvalue weighted by Gasteiger charge is 2.16. The fraction of sp³-hybridized carbons (Fsp3) is 0.238. The van der Waals surface area contributed by atoms with Gasteiger partial charge in [-0.2, -0.15) is 5.10 Å². The molecule has 2 N–H and O–H groups in total. The van der Waals surface area contributed by atoms with Gasteiger partial charge in [0.15, 0.2) is 0 Å². The smallest absolute Gasteiger partial charge is 0.270 e. The van der Waals surface area contributed by atoms with Crippen molar-refractivity contribution in [3.63, 3.8) is 0 Å². The van der Waals surface area contributed by atoms with Gasteiger partial charge in [0.25, 0.3) is 5.91 Å². The van der Waals surface area contributed by atoms with Crippen LogP contribution in [0.25, 0.3) is 5.69 Å². The number of hydrogen-bond donors (Lipinski definition) is 2. The summed E-state index contributed by atoms with van der Waals surface area (Å²) in [5.74, 6) is 0.711. The number of anilines is 1. The molecule has 0 unspecified atom stereocenters. The Morgan fingerprint density at radius 3 is 2.52 bits per heavy atom. The molecule has 0 bridgehead atoms. The number of aromatic nitrogens is 2. The molecule has 6 nitrogen and oxygen atoms in total. The van der Waals surface area contributed by atoms with Crippen molar-refractivity contribution in [3.8, 4) is 11.4 Å². The number of carbonyl (C=O) groups excluding carboxylic acids is 1. The average molecular weight is 364 g/mol. The summed E-state index contributed by atoms with van der Waals surface area (Å²) in [5.41, 5.74) is 3.25. The number of rotatable bonds is 8. The predicted octanol–water partition coefficient (Wildman–Crippen LogP) is 3.42. The lowest BCUT2D eigenvalue weighted by Gasteiger charge is -2.11. The molecule has 6 heteroatoms. The van der Waals surface area contributed by atoms with Crippen molar-refractivity contribution >= 4 is 11.6 Å². The highest BCUT2D eigenvalue weighted by molar-refractivity contribution is 5.94. The van der Waals surface area contributed by atoms with Crippen LogP contribution in [-0.2, 0) is 0 Å². The second-order valence-corrected chi connectivity index (χ2v) is 6.06. The Bertz CT molecular complexity index is 873. The van der Waals surface area contributed by atoms with E-state index in [-0.39, 0.29) is 5.91 Å². The van der Waals surface area contributed by atoms with Crippen molar-refractivity contribution in [3.05, 3.63) is 72.1 Å². The summed E-state index contributed by atoms with van der Waals surface area (Å²) in [4.78, 5) is 12.6. The minimum atomic E-state index is -0.137. The van der Waals surface area contributed by atoms with Gasteiger partial charge in [0, 0.05) is 24.3 Å². The Kier molecular flexibility index (Phi) is 6.10. The van der Waals surface area contributed by atoms with Crippen LogP contribution in [0.3, 0.4) is 0 Å². The zero-order valence-corrected chi connectivity index (χ0v) is 15.6. The van der Waals surface area contributed by atoms with Gasteiger partial charge in [-0.1, -0.05) is 18.2 Å². The van der Waals surface area contributed by atoms with Gasteiger partial charge in [-0.3, -0.25) is 4.79 Å². The number of benzene rings is 2. The Balaban J connectivity index is 1.55. The highest BCUT2D eigenvalue weighted by atomic mass is 16.5. The number of para-hydroxylation sites is 1. The van der Waals surface area contributed by atoms with Crippen LogP contribution in [0, 0.1) is 6.92 Å². The van der Waals surface area contributed by atoms with Gasteiger partial charge in [-0.15, -0.1) is 0 Å². The van der Waals surface area contributed by atoms with Crippen LogP contribution < -0.4 is 15.4 Å². The zero-order chi connectivity index (χ0) is 19.1. The van der Waals surface area contributed by atoms with Gasteiger partial charge in [-0.05, 0) is 50.2 Å². The third-order valence-corrected chi connectivity index (χ3v) is 4.07. The molecule has 0 aliphatic heterocycles. The molecule has 0 fully saturated rings. The predicted molar refractivity (Wildman–Crippen MR) is 107 cm³/mol. The van der Waals surface area contributed by atoms with Gasteiger partial charge in [-0.25, -0.2) is 4.68 Å². The monoisotopic (exact) mass is 364 g/mol. The largest absolute Gasteiger partial charge is 0.494 e. The fourth-order valence-electron chi connectivity index (χ4n) is 2.77. The number of amides is 1. The number of hydrogen-bond acceptors (Lipinski definition) is 4. The van der Waals surface area contributed by atoms with Crippen molar-refractivity contribution < 1.29 is 9.53 Å². The number of aryl methyl sites for hydroxylation is 1. The van der Waals surface area contributed by atoms with Crippen molar-refractivity contribution in [2.75, 3.05) is 25.0 Å². The molecule has 1 amide bonds. The second-order valence-electron chi connectivity index (χ2n) is 6.06. The van der Waals surface area contributed by atoms with Crippen molar-refractivity contribution in [1.82, 2.24) is 15.1 Å². The van der Waals surface area contributed by atoms with Gasteiger partial charge < -0.3 is 15.4 Å². The SMILES string of the molecule is CCOc1ccc(NCCNC(=O)c2c(C)cnn2-c2ccccc2)cc1. The van der Waals surface area contributed by atoms with Crippen LogP contribution >= 0.6 is 0 Å². The van der Waals surface area contributed by atoms with Gasteiger partial charge >= 0.3 is 0 Å². The third kappa shape index (κ3) is 4.67. The molecule has 3 rings (SSSR count). The molecule has 0 spiro atoms. The van der Waals surface area contributed by atoms with E-state index in [2.05, 4.69) is 15.7 Å². The first-order valence-corrected chi connectivity index (χ1v) is 9.04. The van der Waals surface area contributed by atoms with E-state index in [1.54, 1.807) is 10.9 Å². The van der Waals surface area contributed by atoms with E-state index in [1.807, 2.05) is 68.4 Å². The first-order valence-electron chi connectivity index (χ1n) is 9.04. The molecule has 0 radical (unpaired) electrons. The molecule has 0 aliphatic carbocycles. The highest BCUT2D eigenvalue weighted by Crippen LogP contribution is 2.16. The Morgan fingerprint density at radius 2 is 1.81 bits per heavy atom. The summed E-state index contributed by atoms with van der Waals surface area (Å²) in [6, 6.07) is 17.4. The van der Waals surface area contributed by atoms with Crippen LogP contribution in [0.5, 0.6) is 5.75 Å². The average Bonchev–Trinajstić information content (AvgIpc) is 3.09. The summed E-state index contributed by atoms with van der Waals surface area (Å²) < 4.78 is 7.10. The number of ether oxygens (including phenoxy) is 1. The van der Waals surface area contributed by atoms with Crippen LogP contribution in [0.1, 0.15) is 23.0 Å². The standard InChI is InChI=1S/C21H24N4O2/c1-3-27-19-11-9-17(10-12-19)22-13-14-23-21(26)20-16(2)15-24-25(20)18-7-5-4-6-8-18/h4-12,15,22H,3,13-14H2,1-2H3,(H,23,26). The van der Waals surface area contributed by atoms with E-state index in [1.165, 1.54) is 0 Å². The summed E-state index contributed by atoms with van der Waals surface area (Å²) in [5, 5.41) is 10.6. The maximum absolute atomic E-state index is 12.6. The maximum Gasteiger partial charge on any atom is 0.270 e. The van der Waals surface area contributed by atoms with Crippen molar-refractivity contribution in [1.29, 1.82) is 0 Å². The van der Waals surface area contributed by atoms with Crippen LogP contribution in [0.4, 0.5) is 5.69 Å². The summed E-state index contributed by atoms with van der Waals surface area (Å²) in [6.45, 7) is 5.63. The minimum Gasteiger partial charge on any atom is -0.494 e. The quantitative estimate of drug-likeness (QED) is 0.601. The first kappa shape index (κ1) is 18.5. The summed E-state index contributed by atoms with van der Waals surface area (Å²) in [6.07, 6.45) is 1.71. The van der Waals surface area contributed by atoms with E-state index < -0.39 is 0 Å². The molecular formula is C21H24N4O2. The van der Waals surface area contributed by atoms with E-state index in [4.69, 9.17) is 4.74 Å². The van der Waals surface area contributed by atoms with Crippen molar-refractivity contribution in [2.24, 2.45) is 0 Å². The molecule has 3 aromatic rings. The van der Waals surface area contributed by atoms with Gasteiger partial charge in [0.05, 0.1) is 18.5 Å². The number of carbonyl (C=O) groups is 1. The normalized spacial score (nSPS) is 10.4. The van der Waals surface area contributed by atoms with E-state index >= 15 is 0 Å². The lowest BCUT2D eigenvalue weighted by Crippen LogP contribution is -2.30. The van der Waals surface area contributed by atoms with E-state index in [0.29, 0.717) is 25.4 Å². The molecule has 1 heterocycles. The summed E-state index contributed by atoms with van der Waals surface area (Å²) in [7, 11) is 0. The van der Waals surface area contributed by atoms with Gasteiger partial charge in [0.2, 0.25) is 0 Å². The molecule has 27 heavy (non-hydrogen) atoms. The van der Waals surface area contributed by atoms with Crippen LogP contribution in [0.15, 0.2) is 60.8 Å².